The number of rotatable bonds is 5. The minimum Gasteiger partial charge on any atom is -0.375 e. The highest BCUT2D eigenvalue weighted by molar-refractivity contribution is 7.15. The molecule has 0 bridgehead atoms. The van der Waals surface area contributed by atoms with E-state index >= 15 is 0 Å². The standard InChI is InChI=1S/C16H18N2O2S/c19-15(8-4-7-12-5-2-1-3-6-12)18-16-17-13-9-10-20-11-14(13)21-16/h1-3,5-6H,4,7-11H2,(H,17,18,19). The number of anilines is 1. The molecule has 1 aromatic heterocycles. The normalized spacial score (nSPS) is 13.7. The third-order valence-electron chi connectivity index (χ3n) is 3.45. The largest absolute Gasteiger partial charge is 0.375 e. The molecule has 21 heavy (non-hydrogen) atoms. The molecule has 0 atom stereocenters. The van der Waals surface area contributed by atoms with Gasteiger partial charge in [-0.3, -0.25) is 4.79 Å². The third kappa shape index (κ3) is 3.89. The molecule has 2 heterocycles. The average Bonchev–Trinajstić information content (AvgIpc) is 2.90. The minimum atomic E-state index is 0.0398. The van der Waals surface area contributed by atoms with E-state index in [0.29, 0.717) is 18.2 Å². The van der Waals surface area contributed by atoms with E-state index in [1.54, 1.807) is 0 Å². The van der Waals surface area contributed by atoms with E-state index in [2.05, 4.69) is 22.4 Å². The van der Waals surface area contributed by atoms with Crippen molar-refractivity contribution in [3.63, 3.8) is 0 Å². The van der Waals surface area contributed by atoms with E-state index in [1.807, 2.05) is 18.2 Å². The number of hydrogen-bond acceptors (Lipinski definition) is 4. The number of hydrogen-bond donors (Lipinski definition) is 1. The Kier molecular flexibility index (Phi) is 4.62. The summed E-state index contributed by atoms with van der Waals surface area (Å²) in [5.41, 5.74) is 2.35. The van der Waals surface area contributed by atoms with Crippen LogP contribution in [0.1, 0.15) is 29.0 Å². The summed E-state index contributed by atoms with van der Waals surface area (Å²) in [5.74, 6) is 0.0398. The lowest BCUT2D eigenvalue weighted by molar-refractivity contribution is -0.116. The number of ether oxygens (including phenoxy) is 1. The van der Waals surface area contributed by atoms with Crippen molar-refractivity contribution in [2.24, 2.45) is 0 Å². The number of carbonyl (C=O) groups excluding carboxylic acids is 1. The monoisotopic (exact) mass is 302 g/mol. The van der Waals surface area contributed by atoms with Crippen LogP contribution in [0.25, 0.3) is 0 Å². The first-order valence-corrected chi connectivity index (χ1v) is 8.03. The minimum absolute atomic E-state index is 0.0398. The van der Waals surface area contributed by atoms with Gasteiger partial charge in [-0.2, -0.15) is 0 Å². The summed E-state index contributed by atoms with van der Waals surface area (Å²) in [6, 6.07) is 10.2. The van der Waals surface area contributed by atoms with Crippen LogP contribution in [0.2, 0.25) is 0 Å². The molecule has 110 valence electrons. The molecule has 3 rings (SSSR count). The Morgan fingerprint density at radius 3 is 3.00 bits per heavy atom. The van der Waals surface area contributed by atoms with E-state index in [1.165, 1.54) is 16.9 Å². The molecule has 1 N–H and O–H groups in total. The molecule has 1 aliphatic rings. The third-order valence-corrected chi connectivity index (χ3v) is 4.44. The number of nitrogens with zero attached hydrogens (tertiary/aromatic N) is 1. The second kappa shape index (κ2) is 6.83. The molecule has 0 saturated carbocycles. The molecule has 0 unspecified atom stereocenters. The first-order chi connectivity index (χ1) is 10.3. The van der Waals surface area contributed by atoms with Gasteiger partial charge in [0.1, 0.15) is 0 Å². The molecule has 5 heteroatoms. The van der Waals surface area contributed by atoms with Crippen LogP contribution in [0, 0.1) is 0 Å². The van der Waals surface area contributed by atoms with Crippen LogP contribution in [-0.4, -0.2) is 17.5 Å². The van der Waals surface area contributed by atoms with E-state index in [-0.39, 0.29) is 5.91 Å². The van der Waals surface area contributed by atoms with Crippen LogP contribution in [0.4, 0.5) is 5.13 Å². The Morgan fingerprint density at radius 2 is 2.19 bits per heavy atom. The molecular weight excluding hydrogens is 284 g/mol. The van der Waals surface area contributed by atoms with E-state index in [4.69, 9.17) is 4.74 Å². The zero-order chi connectivity index (χ0) is 14.5. The molecular formula is C16H18N2O2S. The molecule has 1 amide bonds. The first kappa shape index (κ1) is 14.2. The number of amides is 1. The van der Waals surface area contributed by atoms with Gasteiger partial charge in [-0.25, -0.2) is 4.98 Å². The van der Waals surface area contributed by atoms with E-state index in [0.717, 1.165) is 36.4 Å². The van der Waals surface area contributed by atoms with Gasteiger partial charge < -0.3 is 10.1 Å². The van der Waals surface area contributed by atoms with Gasteiger partial charge in [0, 0.05) is 12.8 Å². The van der Waals surface area contributed by atoms with Gasteiger partial charge in [0.25, 0.3) is 0 Å². The summed E-state index contributed by atoms with van der Waals surface area (Å²) in [4.78, 5) is 17.5. The van der Waals surface area contributed by atoms with Crippen molar-refractivity contribution in [2.75, 3.05) is 11.9 Å². The Bertz CT molecular complexity index is 586. The summed E-state index contributed by atoms with van der Waals surface area (Å²) < 4.78 is 5.39. The van der Waals surface area contributed by atoms with Crippen LogP contribution in [0.3, 0.4) is 0 Å². The van der Waals surface area contributed by atoms with Crippen LogP contribution in [0.15, 0.2) is 30.3 Å². The first-order valence-electron chi connectivity index (χ1n) is 7.21. The molecule has 0 aliphatic carbocycles. The molecule has 0 saturated heterocycles. The molecule has 0 fully saturated rings. The Hall–Kier alpha value is -1.72. The number of fused-ring (bicyclic) bond motifs is 1. The fourth-order valence-corrected chi connectivity index (χ4v) is 3.32. The van der Waals surface area contributed by atoms with E-state index < -0.39 is 0 Å². The summed E-state index contributed by atoms with van der Waals surface area (Å²) in [6.45, 7) is 1.35. The lowest BCUT2D eigenvalue weighted by Gasteiger charge is -2.08. The molecule has 0 spiro atoms. The summed E-state index contributed by atoms with van der Waals surface area (Å²) >= 11 is 1.53. The van der Waals surface area contributed by atoms with Gasteiger partial charge in [-0.05, 0) is 18.4 Å². The lowest BCUT2D eigenvalue weighted by Crippen LogP contribution is -2.11. The van der Waals surface area contributed by atoms with Crippen molar-refractivity contribution in [3.8, 4) is 0 Å². The summed E-state index contributed by atoms with van der Waals surface area (Å²) in [5, 5.41) is 3.60. The topological polar surface area (TPSA) is 51.2 Å². The second-order valence-corrected chi connectivity index (χ2v) is 6.16. The Balaban J connectivity index is 1.47. The Labute approximate surface area is 128 Å². The van der Waals surface area contributed by atoms with E-state index in [9.17, 15) is 4.79 Å². The molecule has 1 aliphatic heterocycles. The van der Waals surface area contributed by atoms with Crippen molar-refractivity contribution in [1.29, 1.82) is 0 Å². The van der Waals surface area contributed by atoms with Crippen LogP contribution in [0.5, 0.6) is 0 Å². The maximum Gasteiger partial charge on any atom is 0.226 e. The molecule has 4 nitrogen and oxygen atoms in total. The smallest absolute Gasteiger partial charge is 0.226 e. The summed E-state index contributed by atoms with van der Waals surface area (Å²) in [6.07, 6.45) is 3.14. The van der Waals surface area contributed by atoms with Crippen molar-refractivity contribution in [1.82, 2.24) is 4.98 Å². The summed E-state index contributed by atoms with van der Waals surface area (Å²) in [7, 11) is 0. The van der Waals surface area contributed by atoms with Crippen molar-refractivity contribution < 1.29 is 9.53 Å². The van der Waals surface area contributed by atoms with Crippen molar-refractivity contribution in [2.45, 2.75) is 32.3 Å². The van der Waals surface area contributed by atoms with Gasteiger partial charge in [0.2, 0.25) is 5.91 Å². The molecule has 0 radical (unpaired) electrons. The average molecular weight is 302 g/mol. The van der Waals surface area contributed by atoms with Gasteiger partial charge in [-0.15, -0.1) is 0 Å². The van der Waals surface area contributed by atoms with Crippen molar-refractivity contribution in [3.05, 3.63) is 46.5 Å². The van der Waals surface area contributed by atoms with Crippen molar-refractivity contribution >= 4 is 22.4 Å². The number of aromatic nitrogens is 1. The van der Waals surface area contributed by atoms with Gasteiger partial charge in [0.15, 0.2) is 5.13 Å². The quantitative estimate of drug-likeness (QED) is 0.923. The lowest BCUT2D eigenvalue weighted by atomic mass is 10.1. The number of benzene rings is 1. The highest BCUT2D eigenvalue weighted by atomic mass is 32.1. The predicted octanol–water partition coefficient (Wildman–Crippen LogP) is 3.18. The fourth-order valence-electron chi connectivity index (χ4n) is 2.36. The number of aryl methyl sites for hydroxylation is 1. The van der Waals surface area contributed by atoms with Crippen LogP contribution >= 0.6 is 11.3 Å². The number of thiazole rings is 1. The SMILES string of the molecule is O=C(CCCc1ccccc1)Nc1nc2c(s1)COCC2. The fraction of sp³-hybridized carbons (Fsp3) is 0.375. The zero-order valence-corrected chi connectivity index (χ0v) is 12.6. The second-order valence-electron chi connectivity index (χ2n) is 5.08. The molecule has 1 aromatic carbocycles. The molecule has 2 aromatic rings. The highest BCUT2D eigenvalue weighted by Crippen LogP contribution is 2.27. The zero-order valence-electron chi connectivity index (χ0n) is 11.8. The van der Waals surface area contributed by atoms with Crippen LogP contribution < -0.4 is 5.32 Å². The Morgan fingerprint density at radius 1 is 1.33 bits per heavy atom. The van der Waals surface area contributed by atoms with Gasteiger partial charge in [0.05, 0.1) is 23.8 Å². The highest BCUT2D eigenvalue weighted by Gasteiger charge is 2.16. The van der Waals surface area contributed by atoms with Crippen LogP contribution in [-0.2, 0) is 29.0 Å². The number of nitrogens with one attached hydrogen (secondary N) is 1. The maximum atomic E-state index is 11.9. The van der Waals surface area contributed by atoms with Gasteiger partial charge >= 0.3 is 0 Å². The number of carbonyl (C=O) groups is 1. The van der Waals surface area contributed by atoms with Gasteiger partial charge in [-0.1, -0.05) is 41.7 Å². The maximum absolute atomic E-state index is 11.9. The predicted molar refractivity (Wildman–Crippen MR) is 83.5 cm³/mol.